The van der Waals surface area contributed by atoms with Gasteiger partial charge in [-0.05, 0) is 35.2 Å². The largest absolute Gasteiger partial charge is 0.454 e. The highest BCUT2D eigenvalue weighted by Gasteiger charge is 2.16. The summed E-state index contributed by atoms with van der Waals surface area (Å²) in [6.07, 6.45) is 1.59. The van der Waals surface area contributed by atoms with Crippen LogP contribution in [0.1, 0.15) is 26.3 Å². The molecule has 0 aliphatic heterocycles. The summed E-state index contributed by atoms with van der Waals surface area (Å²) in [4.78, 5) is 31.9. The first-order valence-electron chi connectivity index (χ1n) is 11.6. The number of rotatable bonds is 4. The minimum atomic E-state index is -0.335. The normalized spacial score (nSPS) is 11.6. The molecule has 2 heterocycles. The summed E-state index contributed by atoms with van der Waals surface area (Å²) < 4.78 is 7.72. The zero-order valence-electron chi connectivity index (χ0n) is 20.5. The van der Waals surface area contributed by atoms with Crippen LogP contribution in [0.25, 0.3) is 21.9 Å². The average Bonchev–Trinajstić information content (AvgIpc) is 3.14. The first-order chi connectivity index (χ1) is 17.2. The molecule has 0 radical (unpaired) electrons. The van der Waals surface area contributed by atoms with Crippen molar-refractivity contribution in [3.8, 4) is 11.5 Å². The topological polar surface area (TPSA) is 101 Å². The maximum absolute atomic E-state index is 12.9. The van der Waals surface area contributed by atoms with Crippen molar-refractivity contribution in [1.29, 1.82) is 0 Å². The molecule has 0 fully saturated rings. The number of amides is 2. The standard InChI is InChI=1S/C28H27N5O3/c1-28(2,3)17-8-7-9-18(16-17)30-26(34)31-21-12-13-22(20-11-6-5-10-19(20)21)36-23-14-15-29-25-24(23)33(4)27(35)32-25/h5-16H,1-4H3,(H,29,32,35)(H2,30,31,34). The Morgan fingerprint density at radius 1 is 0.944 bits per heavy atom. The van der Waals surface area contributed by atoms with E-state index in [1.54, 1.807) is 31.4 Å². The summed E-state index contributed by atoms with van der Waals surface area (Å²) >= 11 is 0. The number of aryl methyl sites for hydroxylation is 1. The Morgan fingerprint density at radius 3 is 2.50 bits per heavy atom. The van der Waals surface area contributed by atoms with Gasteiger partial charge in [0.1, 0.15) is 11.3 Å². The van der Waals surface area contributed by atoms with Crippen molar-refractivity contribution in [1.82, 2.24) is 14.5 Å². The zero-order chi connectivity index (χ0) is 25.4. The number of carbonyl (C=O) groups excluding carboxylic acids is 1. The molecule has 8 heteroatoms. The third-order valence-electron chi connectivity index (χ3n) is 6.09. The number of anilines is 2. The van der Waals surface area contributed by atoms with E-state index in [1.165, 1.54) is 4.57 Å². The highest BCUT2D eigenvalue weighted by atomic mass is 16.5. The Balaban J connectivity index is 1.44. The number of nitrogens with one attached hydrogen (secondary N) is 3. The van der Waals surface area contributed by atoms with E-state index in [0.717, 1.165) is 22.0 Å². The van der Waals surface area contributed by atoms with Gasteiger partial charge in [-0.25, -0.2) is 14.6 Å². The summed E-state index contributed by atoms with van der Waals surface area (Å²) in [7, 11) is 1.66. The number of H-pyrrole nitrogens is 1. The first-order valence-corrected chi connectivity index (χ1v) is 11.6. The number of fused-ring (bicyclic) bond motifs is 2. The van der Waals surface area contributed by atoms with Crippen LogP contribution in [0.2, 0.25) is 0 Å². The van der Waals surface area contributed by atoms with E-state index < -0.39 is 0 Å². The fourth-order valence-corrected chi connectivity index (χ4v) is 4.16. The predicted octanol–water partition coefficient (Wildman–Crippen LogP) is 6.15. The van der Waals surface area contributed by atoms with Crippen LogP contribution >= 0.6 is 0 Å². The number of nitrogens with zero attached hydrogens (tertiary/aromatic N) is 2. The molecular formula is C28H27N5O3. The predicted molar refractivity (Wildman–Crippen MR) is 143 cm³/mol. The van der Waals surface area contributed by atoms with Gasteiger partial charge in [0, 0.05) is 35.8 Å². The van der Waals surface area contributed by atoms with Crippen LogP contribution in [0.15, 0.2) is 77.7 Å². The molecule has 8 nitrogen and oxygen atoms in total. The lowest BCUT2D eigenvalue weighted by molar-refractivity contribution is 0.262. The van der Waals surface area contributed by atoms with Gasteiger partial charge in [-0.2, -0.15) is 0 Å². The van der Waals surface area contributed by atoms with E-state index >= 15 is 0 Å². The minimum Gasteiger partial charge on any atom is -0.454 e. The SMILES string of the molecule is Cn1c(=O)[nH]c2nccc(Oc3ccc(NC(=O)Nc4cccc(C(C)(C)C)c4)c4ccccc34)c21. The van der Waals surface area contributed by atoms with Crippen LogP contribution in [-0.4, -0.2) is 20.6 Å². The number of pyridine rings is 1. The molecule has 5 rings (SSSR count). The molecule has 0 bridgehead atoms. The van der Waals surface area contributed by atoms with Gasteiger partial charge in [-0.15, -0.1) is 0 Å². The zero-order valence-corrected chi connectivity index (χ0v) is 20.5. The third-order valence-corrected chi connectivity index (χ3v) is 6.09. The van der Waals surface area contributed by atoms with E-state index in [2.05, 4.69) is 47.4 Å². The molecule has 3 N–H and O–H groups in total. The lowest BCUT2D eigenvalue weighted by Gasteiger charge is -2.20. The summed E-state index contributed by atoms with van der Waals surface area (Å²) in [6.45, 7) is 6.40. The molecule has 182 valence electrons. The smallest absolute Gasteiger partial charge is 0.327 e. The number of carbonyl (C=O) groups is 1. The van der Waals surface area contributed by atoms with Crippen molar-refractivity contribution in [3.05, 3.63) is 89.0 Å². The maximum Gasteiger partial charge on any atom is 0.327 e. The number of urea groups is 1. The maximum atomic E-state index is 12.9. The second-order valence-electron chi connectivity index (χ2n) is 9.66. The van der Waals surface area contributed by atoms with Crippen LogP contribution in [0.5, 0.6) is 11.5 Å². The second-order valence-corrected chi connectivity index (χ2v) is 9.66. The molecule has 36 heavy (non-hydrogen) atoms. The number of hydrogen-bond acceptors (Lipinski definition) is 4. The van der Waals surface area contributed by atoms with Gasteiger partial charge in [0.15, 0.2) is 11.4 Å². The molecule has 2 amide bonds. The van der Waals surface area contributed by atoms with Gasteiger partial charge >= 0.3 is 11.7 Å². The minimum absolute atomic E-state index is 0.0205. The van der Waals surface area contributed by atoms with E-state index in [1.807, 2.05) is 42.5 Å². The van der Waals surface area contributed by atoms with Crippen molar-refractivity contribution in [2.24, 2.45) is 7.05 Å². The van der Waals surface area contributed by atoms with E-state index in [9.17, 15) is 9.59 Å². The van der Waals surface area contributed by atoms with Crippen LogP contribution in [0.3, 0.4) is 0 Å². The van der Waals surface area contributed by atoms with Gasteiger partial charge in [-0.3, -0.25) is 9.55 Å². The molecule has 0 aliphatic carbocycles. The van der Waals surface area contributed by atoms with E-state index in [-0.39, 0.29) is 17.1 Å². The van der Waals surface area contributed by atoms with Gasteiger partial charge in [0.25, 0.3) is 0 Å². The summed E-state index contributed by atoms with van der Waals surface area (Å²) in [5.41, 5.74) is 3.25. The Hall–Kier alpha value is -4.59. The Bertz CT molecular complexity index is 1660. The van der Waals surface area contributed by atoms with Crippen LogP contribution in [-0.2, 0) is 12.5 Å². The van der Waals surface area contributed by atoms with E-state index in [4.69, 9.17) is 4.74 Å². The third kappa shape index (κ3) is 4.40. The molecule has 0 saturated heterocycles. The molecule has 0 saturated carbocycles. The number of imidazole rings is 1. The van der Waals surface area contributed by atoms with Gasteiger partial charge in [-0.1, -0.05) is 57.2 Å². The van der Waals surface area contributed by atoms with Crippen molar-refractivity contribution in [2.75, 3.05) is 10.6 Å². The van der Waals surface area contributed by atoms with Crippen LogP contribution in [0, 0.1) is 0 Å². The number of benzene rings is 3. The Labute approximate surface area is 207 Å². The number of aromatic nitrogens is 3. The monoisotopic (exact) mass is 481 g/mol. The van der Waals surface area contributed by atoms with Crippen molar-refractivity contribution < 1.29 is 9.53 Å². The average molecular weight is 482 g/mol. The molecule has 0 atom stereocenters. The molecule has 0 spiro atoms. The van der Waals surface area contributed by atoms with Crippen molar-refractivity contribution >= 4 is 39.3 Å². The van der Waals surface area contributed by atoms with Gasteiger partial charge < -0.3 is 15.4 Å². The fraction of sp³-hybridized carbons (Fsp3) is 0.179. The molecule has 3 aromatic carbocycles. The summed E-state index contributed by atoms with van der Waals surface area (Å²) in [6, 6.07) is 20.5. The lowest BCUT2D eigenvalue weighted by Crippen LogP contribution is -2.20. The van der Waals surface area contributed by atoms with Gasteiger partial charge in [0.2, 0.25) is 0 Å². The van der Waals surface area contributed by atoms with Crippen molar-refractivity contribution in [2.45, 2.75) is 26.2 Å². The quantitative estimate of drug-likeness (QED) is 0.287. The molecular weight excluding hydrogens is 454 g/mol. The van der Waals surface area contributed by atoms with Crippen LogP contribution in [0.4, 0.5) is 16.2 Å². The highest BCUT2D eigenvalue weighted by molar-refractivity contribution is 6.07. The second kappa shape index (κ2) is 8.88. The lowest BCUT2D eigenvalue weighted by atomic mass is 9.87. The summed E-state index contributed by atoms with van der Waals surface area (Å²) in [5, 5.41) is 7.52. The number of hydrogen-bond donors (Lipinski definition) is 3. The number of aromatic amines is 1. The van der Waals surface area contributed by atoms with Gasteiger partial charge in [0.05, 0.1) is 5.69 Å². The van der Waals surface area contributed by atoms with E-state index in [0.29, 0.717) is 28.4 Å². The molecule has 2 aromatic heterocycles. The fourth-order valence-electron chi connectivity index (χ4n) is 4.16. The summed E-state index contributed by atoms with van der Waals surface area (Å²) in [5.74, 6) is 1.10. The number of ether oxygens (including phenoxy) is 1. The van der Waals surface area contributed by atoms with Crippen molar-refractivity contribution in [3.63, 3.8) is 0 Å². The first kappa shape index (κ1) is 23.2. The Kier molecular flexibility index (Phi) is 5.72. The van der Waals surface area contributed by atoms with Crippen LogP contribution < -0.4 is 21.1 Å². The molecule has 0 unspecified atom stereocenters. The highest BCUT2D eigenvalue weighted by Crippen LogP contribution is 2.36. The molecule has 0 aliphatic rings. The Morgan fingerprint density at radius 2 is 1.72 bits per heavy atom. The molecule has 5 aromatic rings.